The summed E-state index contributed by atoms with van der Waals surface area (Å²) in [6, 6.07) is 36.8. The van der Waals surface area contributed by atoms with Crippen molar-refractivity contribution in [3.05, 3.63) is 108 Å². The SMILES string of the molecule is CC(C)[Si](C#Cc1c2cc3ccccc3cc2c(-c2ccc(C=NC3CCCCC3)cc2)c2cc3ccccc3cc12)(C(C)C)C(C)C. The second-order valence-electron chi connectivity index (χ2n) is 15.1. The van der Waals surface area contributed by atoms with Crippen LogP contribution in [0.15, 0.2) is 102 Å². The summed E-state index contributed by atoms with van der Waals surface area (Å²) in [5.41, 5.74) is 10.7. The zero-order valence-electron chi connectivity index (χ0n) is 29.6. The van der Waals surface area contributed by atoms with E-state index in [0.717, 1.165) is 0 Å². The Morgan fingerprint density at radius 1 is 0.604 bits per heavy atom. The summed E-state index contributed by atoms with van der Waals surface area (Å²) in [5.74, 6) is 3.97. The lowest BCUT2D eigenvalue weighted by Gasteiger charge is -2.38. The van der Waals surface area contributed by atoms with Crippen LogP contribution in [0.5, 0.6) is 0 Å². The van der Waals surface area contributed by atoms with Crippen LogP contribution in [-0.2, 0) is 0 Å². The average Bonchev–Trinajstić information content (AvgIpc) is 3.09. The number of benzene rings is 6. The third-order valence-electron chi connectivity index (χ3n) is 11.3. The summed E-state index contributed by atoms with van der Waals surface area (Å²) in [6.07, 6.45) is 8.51. The molecule has 0 spiro atoms. The monoisotopic (exact) mass is 643 g/mol. The Balaban J connectivity index is 1.53. The van der Waals surface area contributed by atoms with Crippen LogP contribution in [-0.4, -0.2) is 20.3 Å². The van der Waals surface area contributed by atoms with Crippen molar-refractivity contribution in [2.24, 2.45) is 4.99 Å². The van der Waals surface area contributed by atoms with Crippen LogP contribution in [0.4, 0.5) is 0 Å². The molecule has 7 rings (SSSR count). The van der Waals surface area contributed by atoms with Crippen LogP contribution in [0.2, 0.25) is 16.6 Å². The molecule has 6 aromatic rings. The van der Waals surface area contributed by atoms with Gasteiger partial charge in [0.25, 0.3) is 0 Å². The standard InChI is InChI=1S/C46H49NSi/c1-31(2)48(32(3)4,33(5)6)25-24-41-42-26-36-14-10-12-16-38(36)28-44(42)46(45-29-39-17-13-11-15-37(39)27-43(41)45)35-22-20-34(21-23-35)30-47-40-18-8-7-9-19-40/h10-17,20-23,26-33,40H,7-9,18-19H2,1-6H3. The summed E-state index contributed by atoms with van der Waals surface area (Å²) in [5, 5.41) is 10.1. The topological polar surface area (TPSA) is 12.4 Å². The number of nitrogens with zero attached hydrogens (tertiary/aromatic N) is 1. The van der Waals surface area contributed by atoms with Gasteiger partial charge in [-0.25, -0.2) is 0 Å². The van der Waals surface area contributed by atoms with Gasteiger partial charge in [-0.3, -0.25) is 4.99 Å². The van der Waals surface area contributed by atoms with E-state index in [1.165, 1.54) is 97.4 Å². The van der Waals surface area contributed by atoms with Crippen molar-refractivity contribution in [1.29, 1.82) is 0 Å². The molecule has 0 N–H and O–H groups in total. The minimum atomic E-state index is -1.97. The first kappa shape index (κ1) is 32.4. The molecule has 2 heteroatoms. The fraction of sp³-hybridized carbons (Fsp3) is 0.326. The Morgan fingerprint density at radius 3 is 1.52 bits per heavy atom. The first-order chi connectivity index (χ1) is 23.3. The molecule has 0 unspecified atom stereocenters. The van der Waals surface area contributed by atoms with Gasteiger partial charge in [-0.15, -0.1) is 5.54 Å². The first-order valence-electron chi connectivity index (χ1n) is 18.2. The summed E-state index contributed by atoms with van der Waals surface area (Å²) in [7, 11) is -1.97. The Morgan fingerprint density at radius 2 is 1.06 bits per heavy atom. The highest BCUT2D eigenvalue weighted by atomic mass is 28.3. The Bertz CT molecular complexity index is 2080. The molecular weight excluding hydrogens is 595 g/mol. The van der Waals surface area contributed by atoms with Crippen molar-refractivity contribution < 1.29 is 0 Å². The second kappa shape index (κ2) is 13.4. The van der Waals surface area contributed by atoms with Gasteiger partial charge in [0.05, 0.1) is 0 Å². The van der Waals surface area contributed by atoms with Crippen molar-refractivity contribution >= 4 is 57.4 Å². The third kappa shape index (κ3) is 5.88. The highest BCUT2D eigenvalue weighted by Gasteiger charge is 2.41. The Labute approximate surface area is 288 Å². The predicted molar refractivity (Wildman–Crippen MR) is 214 cm³/mol. The number of fused-ring (bicyclic) bond motifs is 4. The van der Waals surface area contributed by atoms with Gasteiger partial charge in [0.2, 0.25) is 0 Å². The molecule has 0 aromatic heterocycles. The van der Waals surface area contributed by atoms with E-state index >= 15 is 0 Å². The molecule has 0 aliphatic heterocycles. The minimum Gasteiger partial charge on any atom is -0.289 e. The maximum Gasteiger partial charge on any atom is 0.146 e. The molecule has 0 radical (unpaired) electrons. The average molecular weight is 644 g/mol. The molecule has 0 heterocycles. The van der Waals surface area contributed by atoms with Crippen molar-refractivity contribution in [2.75, 3.05) is 0 Å². The lowest BCUT2D eigenvalue weighted by Crippen LogP contribution is -2.43. The molecule has 0 atom stereocenters. The van der Waals surface area contributed by atoms with Crippen LogP contribution < -0.4 is 0 Å². The van der Waals surface area contributed by atoms with E-state index in [0.29, 0.717) is 22.7 Å². The smallest absolute Gasteiger partial charge is 0.146 e. The van der Waals surface area contributed by atoms with Crippen LogP contribution in [0, 0.1) is 11.5 Å². The molecular formula is C46H49NSi. The van der Waals surface area contributed by atoms with E-state index in [2.05, 4.69) is 156 Å². The molecule has 1 aliphatic rings. The van der Waals surface area contributed by atoms with Gasteiger partial charge in [0, 0.05) is 17.8 Å². The third-order valence-corrected chi connectivity index (χ3v) is 17.6. The zero-order valence-corrected chi connectivity index (χ0v) is 30.6. The van der Waals surface area contributed by atoms with Gasteiger partial charge < -0.3 is 0 Å². The highest BCUT2D eigenvalue weighted by Crippen LogP contribution is 2.44. The van der Waals surface area contributed by atoms with Gasteiger partial charge >= 0.3 is 0 Å². The molecule has 6 aromatic carbocycles. The molecule has 1 aliphatic carbocycles. The second-order valence-corrected chi connectivity index (χ2v) is 20.7. The van der Waals surface area contributed by atoms with E-state index in [1.807, 2.05) is 0 Å². The minimum absolute atomic E-state index is 0.477. The quantitative estimate of drug-likeness (QED) is 0.0741. The molecule has 1 saturated carbocycles. The number of rotatable bonds is 6. The molecule has 1 nitrogen and oxygen atoms in total. The van der Waals surface area contributed by atoms with Crippen LogP contribution >= 0.6 is 0 Å². The lowest BCUT2D eigenvalue weighted by atomic mass is 9.86. The van der Waals surface area contributed by atoms with Gasteiger partial charge in [-0.05, 0) is 114 Å². The maximum atomic E-state index is 4.98. The molecule has 1 fully saturated rings. The molecule has 0 amide bonds. The van der Waals surface area contributed by atoms with Crippen molar-refractivity contribution in [1.82, 2.24) is 0 Å². The van der Waals surface area contributed by atoms with Gasteiger partial charge in [-0.2, -0.15) is 0 Å². The van der Waals surface area contributed by atoms with E-state index in [-0.39, 0.29) is 0 Å². The summed E-state index contributed by atoms with van der Waals surface area (Å²) >= 11 is 0. The zero-order chi connectivity index (χ0) is 33.4. The number of hydrogen-bond donors (Lipinski definition) is 0. The van der Waals surface area contributed by atoms with E-state index in [1.54, 1.807) is 0 Å². The summed E-state index contributed by atoms with van der Waals surface area (Å²) < 4.78 is 0. The van der Waals surface area contributed by atoms with Crippen molar-refractivity contribution in [2.45, 2.75) is 96.3 Å². The fourth-order valence-electron chi connectivity index (χ4n) is 8.80. The largest absolute Gasteiger partial charge is 0.289 e. The Kier molecular flexibility index (Phi) is 9.01. The lowest BCUT2D eigenvalue weighted by molar-refractivity contribution is 0.444. The van der Waals surface area contributed by atoms with Crippen molar-refractivity contribution in [3.8, 4) is 22.6 Å². The van der Waals surface area contributed by atoms with E-state index < -0.39 is 8.07 Å². The Hall–Kier alpha value is -4.19. The molecule has 0 saturated heterocycles. The van der Waals surface area contributed by atoms with E-state index in [4.69, 9.17) is 4.99 Å². The van der Waals surface area contributed by atoms with E-state index in [9.17, 15) is 0 Å². The van der Waals surface area contributed by atoms with Crippen LogP contribution in [0.25, 0.3) is 54.2 Å². The van der Waals surface area contributed by atoms with Crippen LogP contribution in [0.3, 0.4) is 0 Å². The van der Waals surface area contributed by atoms with Crippen molar-refractivity contribution in [3.63, 3.8) is 0 Å². The van der Waals surface area contributed by atoms with Crippen LogP contribution in [0.1, 0.15) is 84.8 Å². The van der Waals surface area contributed by atoms with Gasteiger partial charge in [0.1, 0.15) is 8.07 Å². The van der Waals surface area contributed by atoms with Gasteiger partial charge in [-0.1, -0.05) is 140 Å². The normalized spacial score (nSPS) is 14.7. The predicted octanol–water partition coefficient (Wildman–Crippen LogP) is 13.3. The number of hydrogen-bond acceptors (Lipinski definition) is 1. The maximum absolute atomic E-state index is 4.98. The fourth-order valence-corrected chi connectivity index (χ4v) is 14.0. The number of aliphatic imine (C=N–C) groups is 1. The summed E-state index contributed by atoms with van der Waals surface area (Å²) in [6.45, 7) is 14.4. The summed E-state index contributed by atoms with van der Waals surface area (Å²) in [4.78, 5) is 4.98. The van der Waals surface area contributed by atoms with Gasteiger partial charge in [0.15, 0.2) is 0 Å². The highest BCUT2D eigenvalue weighted by molar-refractivity contribution is 6.90. The first-order valence-corrected chi connectivity index (χ1v) is 20.5. The molecule has 48 heavy (non-hydrogen) atoms. The molecule has 0 bridgehead atoms. The molecule has 242 valence electrons.